The van der Waals surface area contributed by atoms with Crippen molar-refractivity contribution >= 4 is 36.5 Å². The van der Waals surface area contributed by atoms with Gasteiger partial charge in [0.05, 0.1) is 11.0 Å². The molecule has 2 radical (unpaired) electrons. The number of imidazole rings is 1. The van der Waals surface area contributed by atoms with Crippen LogP contribution in [0.25, 0.3) is 11.0 Å². The molecule has 6 nitrogen and oxygen atoms in total. The minimum atomic E-state index is -0.738. The van der Waals surface area contributed by atoms with Crippen LogP contribution in [0.4, 0.5) is 0 Å². The lowest BCUT2D eigenvalue weighted by Crippen LogP contribution is -2.36. The highest BCUT2D eigenvalue weighted by atomic mass is 16.2. The van der Waals surface area contributed by atoms with Crippen molar-refractivity contribution in [3.63, 3.8) is 0 Å². The molecule has 1 aromatic carbocycles. The maximum Gasteiger partial charge on any atom is 0.329 e. The number of nitrogens with one attached hydrogen (secondary N) is 1. The molecule has 0 fully saturated rings. The Morgan fingerprint density at radius 2 is 2.19 bits per heavy atom. The van der Waals surface area contributed by atoms with Crippen LogP contribution < -0.4 is 16.5 Å². The van der Waals surface area contributed by atoms with Gasteiger partial charge in [0.25, 0.3) is 0 Å². The highest BCUT2D eigenvalue weighted by Gasteiger charge is 2.24. The van der Waals surface area contributed by atoms with E-state index < -0.39 is 6.04 Å². The van der Waals surface area contributed by atoms with Gasteiger partial charge in [0.15, 0.2) is 0 Å². The lowest BCUT2D eigenvalue weighted by Gasteiger charge is -2.16. The zero-order valence-corrected chi connectivity index (χ0v) is 12.0. The Balaban J connectivity index is 2.70. The first-order valence-corrected chi connectivity index (χ1v) is 6.63. The van der Waals surface area contributed by atoms with Crippen molar-refractivity contribution in [2.45, 2.75) is 18.9 Å². The first-order chi connectivity index (χ1) is 10.0. The van der Waals surface area contributed by atoms with Crippen LogP contribution >= 0.6 is 0 Å². The molecular formula is C14H16BN3O3. The second kappa shape index (κ2) is 5.99. The van der Waals surface area contributed by atoms with Crippen LogP contribution in [0.3, 0.4) is 0 Å². The van der Waals surface area contributed by atoms with Crippen molar-refractivity contribution in [3.05, 3.63) is 28.7 Å². The van der Waals surface area contributed by atoms with Crippen LogP contribution in [-0.4, -0.2) is 36.2 Å². The molecule has 0 spiro atoms. The van der Waals surface area contributed by atoms with Crippen LogP contribution in [0.15, 0.2) is 23.0 Å². The van der Waals surface area contributed by atoms with Gasteiger partial charge in [-0.25, -0.2) is 4.79 Å². The third kappa shape index (κ3) is 2.51. The largest absolute Gasteiger partial charge is 0.357 e. The van der Waals surface area contributed by atoms with Crippen LogP contribution in [-0.2, 0) is 16.6 Å². The summed E-state index contributed by atoms with van der Waals surface area (Å²) < 4.78 is 2.82. The number of aldehydes is 1. The summed E-state index contributed by atoms with van der Waals surface area (Å²) in [7, 11) is 9.03. The van der Waals surface area contributed by atoms with E-state index in [-0.39, 0.29) is 24.4 Å². The van der Waals surface area contributed by atoms with E-state index in [9.17, 15) is 14.4 Å². The molecule has 1 N–H and O–H groups in total. The lowest BCUT2D eigenvalue weighted by atomic mass is 9.94. The molecule has 0 bridgehead atoms. The monoisotopic (exact) mass is 285 g/mol. The Labute approximate surface area is 123 Å². The predicted octanol–water partition coefficient (Wildman–Crippen LogP) is -0.600. The van der Waals surface area contributed by atoms with Gasteiger partial charge in [0.1, 0.15) is 20.2 Å². The van der Waals surface area contributed by atoms with Gasteiger partial charge in [-0.1, -0.05) is 17.6 Å². The molecule has 0 aliphatic carbocycles. The SMILES string of the molecule is [B]c1cccc2c1n(C)c(=O)n2C(CCC=O)C(=O)NC. The number of rotatable bonds is 5. The van der Waals surface area contributed by atoms with Gasteiger partial charge in [0.2, 0.25) is 5.91 Å². The van der Waals surface area contributed by atoms with Crippen molar-refractivity contribution in [1.82, 2.24) is 14.5 Å². The second-order valence-electron chi connectivity index (χ2n) is 4.80. The number of benzene rings is 1. The molecule has 1 unspecified atom stereocenters. The molecular weight excluding hydrogens is 269 g/mol. The van der Waals surface area contributed by atoms with Crippen molar-refractivity contribution in [3.8, 4) is 0 Å². The van der Waals surface area contributed by atoms with Crippen LogP contribution in [0.1, 0.15) is 18.9 Å². The van der Waals surface area contributed by atoms with Crippen molar-refractivity contribution in [2.75, 3.05) is 7.05 Å². The number of aromatic nitrogens is 2. The Morgan fingerprint density at radius 1 is 1.48 bits per heavy atom. The molecule has 1 aromatic heterocycles. The molecule has 21 heavy (non-hydrogen) atoms. The molecule has 1 atom stereocenters. The summed E-state index contributed by atoms with van der Waals surface area (Å²) >= 11 is 0. The fourth-order valence-corrected chi connectivity index (χ4v) is 2.54. The van der Waals surface area contributed by atoms with Gasteiger partial charge in [0, 0.05) is 20.5 Å². The van der Waals surface area contributed by atoms with Gasteiger partial charge in [-0.3, -0.25) is 13.9 Å². The minimum Gasteiger partial charge on any atom is -0.357 e. The maximum atomic E-state index is 12.5. The third-order valence-electron chi connectivity index (χ3n) is 3.55. The lowest BCUT2D eigenvalue weighted by molar-refractivity contribution is -0.124. The van der Waals surface area contributed by atoms with Crippen molar-refractivity contribution in [2.24, 2.45) is 7.05 Å². The first kappa shape index (κ1) is 15.1. The van der Waals surface area contributed by atoms with Crippen LogP contribution in [0.5, 0.6) is 0 Å². The summed E-state index contributed by atoms with van der Waals surface area (Å²) in [4.78, 5) is 35.2. The standard InChI is InChI=1S/C14H16BN3O3/c1-16-13(20)11(7-4-8-19)18-10-6-3-5-9(15)12(10)17(2)14(18)21/h3,5-6,8,11H,4,7H2,1-2H3,(H,16,20). The van der Waals surface area contributed by atoms with E-state index in [1.807, 2.05) is 0 Å². The smallest absolute Gasteiger partial charge is 0.329 e. The predicted molar refractivity (Wildman–Crippen MR) is 81.0 cm³/mol. The molecule has 108 valence electrons. The Bertz CT molecular complexity index is 748. The van der Waals surface area contributed by atoms with Gasteiger partial charge in [-0.2, -0.15) is 0 Å². The average molecular weight is 285 g/mol. The van der Waals surface area contributed by atoms with Gasteiger partial charge < -0.3 is 10.1 Å². The van der Waals surface area contributed by atoms with Crippen molar-refractivity contribution < 1.29 is 9.59 Å². The molecule has 2 aromatic rings. The molecule has 0 saturated heterocycles. The second-order valence-corrected chi connectivity index (χ2v) is 4.80. The van der Waals surface area contributed by atoms with E-state index in [1.54, 1.807) is 25.2 Å². The van der Waals surface area contributed by atoms with Gasteiger partial charge in [-0.15, -0.1) is 0 Å². The van der Waals surface area contributed by atoms with Crippen LogP contribution in [0, 0.1) is 0 Å². The normalized spacial score (nSPS) is 12.3. The quantitative estimate of drug-likeness (QED) is 0.589. The molecule has 7 heteroatoms. The number of carbonyl (C=O) groups excluding carboxylic acids is 2. The fraction of sp³-hybridized carbons (Fsp3) is 0.357. The summed E-state index contributed by atoms with van der Waals surface area (Å²) in [5, 5.41) is 2.53. The van der Waals surface area contributed by atoms with E-state index >= 15 is 0 Å². The molecule has 2 rings (SSSR count). The zero-order valence-electron chi connectivity index (χ0n) is 12.0. The molecule has 1 amide bonds. The number of likely N-dealkylation sites (N-methyl/N-ethyl adjacent to an activating group) is 1. The van der Waals surface area contributed by atoms with Gasteiger partial charge >= 0.3 is 5.69 Å². The number of hydrogen-bond acceptors (Lipinski definition) is 3. The molecule has 1 heterocycles. The summed E-state index contributed by atoms with van der Waals surface area (Å²) in [5.74, 6) is -0.311. The number of carbonyl (C=O) groups is 2. The Kier molecular flexibility index (Phi) is 4.30. The molecule has 0 saturated carbocycles. The summed E-state index contributed by atoms with van der Waals surface area (Å²) in [6.07, 6.45) is 1.20. The number of hydrogen-bond donors (Lipinski definition) is 1. The Morgan fingerprint density at radius 3 is 2.81 bits per heavy atom. The highest BCUT2D eigenvalue weighted by molar-refractivity contribution is 6.38. The number of amides is 1. The fourth-order valence-electron chi connectivity index (χ4n) is 2.54. The highest BCUT2D eigenvalue weighted by Crippen LogP contribution is 2.19. The summed E-state index contributed by atoms with van der Waals surface area (Å²) in [5.41, 5.74) is 1.31. The maximum absolute atomic E-state index is 12.5. The number of para-hydroxylation sites is 1. The molecule has 0 aliphatic rings. The topological polar surface area (TPSA) is 73.1 Å². The van der Waals surface area contributed by atoms with E-state index in [0.29, 0.717) is 16.5 Å². The van der Waals surface area contributed by atoms with E-state index in [1.165, 1.54) is 16.2 Å². The zero-order chi connectivity index (χ0) is 15.6. The van der Waals surface area contributed by atoms with E-state index in [0.717, 1.165) is 6.29 Å². The third-order valence-corrected chi connectivity index (χ3v) is 3.55. The van der Waals surface area contributed by atoms with E-state index in [2.05, 4.69) is 5.32 Å². The summed E-state index contributed by atoms with van der Waals surface area (Å²) in [6, 6.07) is 4.43. The van der Waals surface area contributed by atoms with E-state index in [4.69, 9.17) is 7.85 Å². The summed E-state index contributed by atoms with van der Waals surface area (Å²) in [6.45, 7) is 0. The van der Waals surface area contributed by atoms with Gasteiger partial charge in [-0.05, 0) is 12.5 Å². The Hall–Kier alpha value is -2.31. The number of nitrogens with zero attached hydrogens (tertiary/aromatic N) is 2. The average Bonchev–Trinajstić information content (AvgIpc) is 2.73. The van der Waals surface area contributed by atoms with Crippen LogP contribution in [0.2, 0.25) is 0 Å². The minimum absolute atomic E-state index is 0.198. The van der Waals surface area contributed by atoms with Crippen molar-refractivity contribution in [1.29, 1.82) is 0 Å². The number of fused-ring (bicyclic) bond motifs is 1. The first-order valence-electron chi connectivity index (χ1n) is 6.63. The number of aryl methyl sites for hydroxylation is 1. The molecule has 0 aliphatic heterocycles.